The van der Waals surface area contributed by atoms with Crippen molar-refractivity contribution < 1.29 is 4.39 Å². The van der Waals surface area contributed by atoms with Crippen LogP contribution in [-0.4, -0.2) is 48.1 Å². The van der Waals surface area contributed by atoms with Crippen molar-refractivity contribution >= 4 is 48.9 Å². The highest BCUT2D eigenvalue weighted by Crippen LogP contribution is 2.34. The molecule has 1 aromatic carbocycles. The molecule has 0 saturated carbocycles. The van der Waals surface area contributed by atoms with Crippen molar-refractivity contribution in [3.8, 4) is 33.8 Å². The predicted molar refractivity (Wildman–Crippen MR) is 189 cm³/mol. The van der Waals surface area contributed by atoms with Crippen LogP contribution in [0.5, 0.6) is 0 Å². The molecule has 0 fully saturated rings. The third kappa shape index (κ3) is 6.97. The maximum Gasteiger partial charge on any atom is 0.138 e. The highest BCUT2D eigenvalue weighted by Gasteiger charge is 2.17. The Balaban J connectivity index is 1.34. The fraction of sp³-hybridized carbons (Fsp3) is 0.200. The van der Waals surface area contributed by atoms with Gasteiger partial charge in [0.05, 0.1) is 28.8 Å². The Bertz CT molecular complexity index is 2170. The van der Waals surface area contributed by atoms with Gasteiger partial charge in [-0.3, -0.25) is 14.8 Å². The van der Waals surface area contributed by atoms with Gasteiger partial charge in [0.15, 0.2) is 0 Å². The Morgan fingerprint density at radius 2 is 1.84 bits per heavy atom. The smallest absolute Gasteiger partial charge is 0.138 e. The average molecular weight is 621 g/mol. The van der Waals surface area contributed by atoms with E-state index >= 15 is 0 Å². The third-order valence-electron chi connectivity index (χ3n) is 7.19. The zero-order chi connectivity index (χ0) is 31.9. The topological polar surface area (TPSA) is 107 Å². The molecule has 0 aliphatic heterocycles. The normalized spacial score (nSPS) is 12.2. The van der Waals surface area contributed by atoms with Crippen LogP contribution in [0.4, 0.5) is 10.1 Å². The first-order valence-electron chi connectivity index (χ1n) is 14.5. The lowest BCUT2D eigenvalue weighted by Crippen LogP contribution is -2.10. The second-order valence-corrected chi connectivity index (χ2v) is 15.7. The van der Waals surface area contributed by atoms with Gasteiger partial charge in [-0.1, -0.05) is 39.1 Å². The van der Waals surface area contributed by atoms with Gasteiger partial charge in [0.1, 0.15) is 22.7 Å². The average Bonchev–Trinajstić information content (AvgIpc) is 3.58. The Labute approximate surface area is 262 Å². The molecule has 0 spiro atoms. The summed E-state index contributed by atoms with van der Waals surface area (Å²) in [5.74, 6) is 7.81. The van der Waals surface area contributed by atoms with Crippen molar-refractivity contribution in [2.45, 2.75) is 33.7 Å². The van der Waals surface area contributed by atoms with Gasteiger partial charge in [0.2, 0.25) is 0 Å². The molecule has 5 heterocycles. The van der Waals surface area contributed by atoms with Crippen LogP contribution in [0.1, 0.15) is 32.8 Å². The molecule has 0 unspecified atom stereocenters. The van der Waals surface area contributed by atoms with E-state index in [9.17, 15) is 4.39 Å². The van der Waals surface area contributed by atoms with Crippen molar-refractivity contribution in [1.82, 2.24) is 34.9 Å². The van der Waals surface area contributed by atoms with Gasteiger partial charge in [-0.05, 0) is 83.3 Å². The molecule has 6 rings (SSSR count). The first-order valence-corrected chi connectivity index (χ1v) is 16.9. The quantitative estimate of drug-likeness (QED) is 0.122. The summed E-state index contributed by atoms with van der Waals surface area (Å²) in [5.41, 5.74) is 9.57. The summed E-state index contributed by atoms with van der Waals surface area (Å²) in [6, 6.07) is 14.9. The largest absolute Gasteiger partial charge is 0.358 e. The summed E-state index contributed by atoms with van der Waals surface area (Å²) in [6.45, 7) is 11.2. The lowest BCUT2D eigenvalue weighted by atomic mass is 9.91. The maximum atomic E-state index is 14.8. The van der Waals surface area contributed by atoms with Crippen LogP contribution in [0, 0.1) is 11.2 Å². The van der Waals surface area contributed by atoms with E-state index in [1.807, 2.05) is 42.7 Å². The summed E-state index contributed by atoms with van der Waals surface area (Å²) >= 11 is 0. The Hall–Kier alpha value is -4.80. The van der Waals surface area contributed by atoms with Gasteiger partial charge < -0.3 is 10.3 Å². The molecular weight excluding hydrogens is 584 g/mol. The van der Waals surface area contributed by atoms with Crippen LogP contribution < -0.4 is 10.0 Å². The van der Waals surface area contributed by atoms with Crippen LogP contribution in [0.3, 0.4) is 0 Å². The zero-order valence-electron chi connectivity index (χ0n) is 26.0. The number of anilines is 1. The fourth-order valence-electron chi connectivity index (χ4n) is 5.36. The van der Waals surface area contributed by atoms with E-state index in [0.717, 1.165) is 62.3 Å². The van der Waals surface area contributed by atoms with Crippen molar-refractivity contribution in [3.05, 3.63) is 90.8 Å². The number of pyridine rings is 3. The van der Waals surface area contributed by atoms with Gasteiger partial charge in [-0.25, -0.2) is 14.4 Å². The summed E-state index contributed by atoms with van der Waals surface area (Å²) in [4.78, 5) is 17.4. The number of halogens is 1. The van der Waals surface area contributed by atoms with E-state index in [1.165, 1.54) is 6.07 Å². The maximum absolute atomic E-state index is 14.8. The van der Waals surface area contributed by atoms with Crippen molar-refractivity contribution in [2.24, 2.45) is 5.41 Å². The fourth-order valence-corrected chi connectivity index (χ4v) is 5.87. The van der Waals surface area contributed by atoms with Gasteiger partial charge >= 0.3 is 0 Å². The molecule has 4 N–H and O–H groups in total. The molecule has 0 saturated heterocycles. The number of nitrogens with one attached hydrogen (secondary N) is 4. The minimum Gasteiger partial charge on any atom is -0.358 e. The van der Waals surface area contributed by atoms with Crippen molar-refractivity contribution in [1.29, 1.82) is 0 Å². The molecule has 6 aromatic rings. The van der Waals surface area contributed by atoms with E-state index in [4.69, 9.17) is 4.98 Å². The number of benzene rings is 1. The molecule has 0 aliphatic rings. The minimum absolute atomic E-state index is 0.124. The van der Waals surface area contributed by atoms with Crippen molar-refractivity contribution in [3.63, 3.8) is 0 Å². The second-order valence-electron chi connectivity index (χ2n) is 12.8. The zero-order valence-corrected chi connectivity index (χ0v) is 26.8. The molecule has 0 atom stereocenters. The number of nitrogens with zero attached hydrogens (tertiary/aromatic N) is 4. The summed E-state index contributed by atoms with van der Waals surface area (Å²) in [6.07, 6.45) is 8.09. The van der Waals surface area contributed by atoms with Crippen molar-refractivity contribution in [2.75, 3.05) is 11.6 Å². The van der Waals surface area contributed by atoms with E-state index < -0.39 is 9.39 Å². The SMILES string of the molecule is C=C(CC(C)(C)C)Nc1cncc(-c2ccc3[nH]nc(-c4cc5c(-c6cc(F)cc(CNS(=C)(=C)C)c6)ccnc5[nH]4)c3n2)c1. The molecule has 45 heavy (non-hydrogen) atoms. The molecular formula is C35H37FN8S. The Kier molecular flexibility index (Phi) is 7.80. The second kappa shape index (κ2) is 11.6. The molecule has 5 aromatic heterocycles. The summed E-state index contributed by atoms with van der Waals surface area (Å²) in [5, 5.41) is 11.9. The number of fused-ring (bicyclic) bond motifs is 2. The number of allylic oxidation sites excluding steroid dienone is 1. The predicted octanol–water partition coefficient (Wildman–Crippen LogP) is 8.03. The van der Waals surface area contributed by atoms with Crippen LogP contribution >= 0.6 is 9.39 Å². The number of aromatic nitrogens is 6. The summed E-state index contributed by atoms with van der Waals surface area (Å²) < 4.78 is 18.1. The molecule has 230 valence electrons. The Morgan fingerprint density at radius 1 is 1.02 bits per heavy atom. The molecule has 0 bridgehead atoms. The van der Waals surface area contributed by atoms with E-state index in [1.54, 1.807) is 24.7 Å². The van der Waals surface area contributed by atoms with E-state index in [2.05, 4.69) is 74.3 Å². The summed E-state index contributed by atoms with van der Waals surface area (Å²) in [7, 11) is -1.43. The van der Waals surface area contributed by atoms with Gasteiger partial charge in [-0.2, -0.15) is 14.5 Å². The van der Waals surface area contributed by atoms with E-state index in [-0.39, 0.29) is 11.2 Å². The number of rotatable bonds is 9. The van der Waals surface area contributed by atoms with E-state index in [0.29, 0.717) is 23.4 Å². The lowest BCUT2D eigenvalue weighted by molar-refractivity contribution is 0.411. The number of H-pyrrole nitrogens is 2. The first kappa shape index (κ1) is 30.2. The van der Waals surface area contributed by atoms with Crippen LogP contribution in [0.15, 0.2) is 79.4 Å². The highest BCUT2D eigenvalue weighted by molar-refractivity contribution is 8.25. The lowest BCUT2D eigenvalue weighted by Gasteiger charge is -2.20. The van der Waals surface area contributed by atoms with Crippen LogP contribution in [0.2, 0.25) is 0 Å². The number of aromatic amines is 2. The minimum atomic E-state index is -1.43. The number of hydrogen-bond donors (Lipinski definition) is 4. The number of hydrogen-bond acceptors (Lipinski definition) is 6. The molecule has 0 aliphatic carbocycles. The highest BCUT2D eigenvalue weighted by atomic mass is 32.2. The Morgan fingerprint density at radius 3 is 2.62 bits per heavy atom. The molecule has 0 radical (unpaired) electrons. The molecule has 10 heteroatoms. The van der Waals surface area contributed by atoms with Gasteiger partial charge in [0, 0.05) is 35.6 Å². The monoisotopic (exact) mass is 620 g/mol. The van der Waals surface area contributed by atoms with Crippen LogP contribution in [0.25, 0.3) is 55.8 Å². The molecule has 0 amide bonds. The first-order chi connectivity index (χ1) is 21.3. The third-order valence-corrected chi connectivity index (χ3v) is 8.03. The standard InChI is InChI=1S/C35H37FN8S/c1-21(17-35(2,3)4)40-26-15-24(19-37-20-26)29-8-9-30-32(41-29)33(44-43-30)31-16-28-27(10-11-38-34(28)42-31)23-12-22(13-25(36)14-23)18-39-45(5,6)7/h8-16,19-20,39-40H,1,5-6,17-18H2,2-4,7H3,(H,38,42)(H,43,44). The van der Waals surface area contributed by atoms with Gasteiger partial charge in [0.25, 0.3) is 0 Å². The van der Waals surface area contributed by atoms with Gasteiger partial charge in [-0.15, -0.1) is 0 Å². The van der Waals surface area contributed by atoms with Crippen LogP contribution in [-0.2, 0) is 6.54 Å². The molecule has 8 nitrogen and oxygen atoms in total.